The normalized spacial score (nSPS) is 22.3. The molecule has 1 aliphatic carbocycles. The first-order valence-electron chi connectivity index (χ1n) is 7.05. The predicted molar refractivity (Wildman–Crippen MR) is 74.6 cm³/mol. The highest BCUT2D eigenvalue weighted by Crippen LogP contribution is 2.34. The van der Waals surface area contributed by atoms with Crippen molar-refractivity contribution >= 4 is 0 Å². The number of nitrogens with one attached hydrogen (secondary N) is 1. The summed E-state index contributed by atoms with van der Waals surface area (Å²) in [6.07, 6.45) is 5.10. The van der Waals surface area contributed by atoms with Gasteiger partial charge in [0.05, 0.1) is 11.9 Å². The van der Waals surface area contributed by atoms with Crippen LogP contribution < -0.4 is 5.32 Å². The Bertz CT molecular complexity index is 581. The molecule has 1 aliphatic rings. The molecule has 2 unspecified atom stereocenters. The number of halogens is 1. The number of hydrogen-bond donors (Lipinski definition) is 1. The zero-order chi connectivity index (χ0) is 13.9. The molecule has 2 aromatic rings. The molecule has 0 amide bonds. The Morgan fingerprint density at radius 1 is 1.40 bits per heavy atom. The van der Waals surface area contributed by atoms with Crippen LogP contribution in [-0.4, -0.2) is 21.0 Å². The first-order chi connectivity index (χ1) is 9.72. The third-order valence-corrected chi connectivity index (χ3v) is 4.13. The van der Waals surface area contributed by atoms with Crippen molar-refractivity contribution < 1.29 is 4.39 Å². The van der Waals surface area contributed by atoms with E-state index in [1.165, 1.54) is 6.07 Å². The van der Waals surface area contributed by atoms with E-state index in [1.807, 2.05) is 13.1 Å². The number of rotatable bonds is 4. The van der Waals surface area contributed by atoms with Crippen LogP contribution in [0.2, 0.25) is 0 Å². The number of aryl methyl sites for hydroxylation is 1. The van der Waals surface area contributed by atoms with Gasteiger partial charge in [0.25, 0.3) is 0 Å². The van der Waals surface area contributed by atoms with E-state index in [0.29, 0.717) is 12.0 Å². The highest BCUT2D eigenvalue weighted by Gasteiger charge is 2.25. The highest BCUT2D eigenvalue weighted by atomic mass is 19.1. The zero-order valence-electron chi connectivity index (χ0n) is 11.6. The van der Waals surface area contributed by atoms with Gasteiger partial charge >= 0.3 is 0 Å². The van der Waals surface area contributed by atoms with Crippen LogP contribution in [0.25, 0.3) is 0 Å². The quantitative estimate of drug-likeness (QED) is 0.931. The Labute approximate surface area is 118 Å². The Morgan fingerprint density at radius 2 is 2.30 bits per heavy atom. The molecule has 0 radical (unpaired) electrons. The lowest BCUT2D eigenvalue weighted by molar-refractivity contribution is 0.501. The van der Waals surface area contributed by atoms with Crippen molar-refractivity contribution in [2.75, 3.05) is 0 Å². The smallest absolute Gasteiger partial charge is 0.123 e. The average molecular weight is 274 g/mol. The van der Waals surface area contributed by atoms with Gasteiger partial charge in [0.1, 0.15) is 5.82 Å². The molecule has 1 aromatic carbocycles. The standard InChI is InChI=1S/C15H19FN4/c1-20-15(10-18-19-20)9-17-14-6-5-12(8-14)11-3-2-4-13(16)7-11/h2-4,7,10,12,14,17H,5-6,8-9H2,1H3. The summed E-state index contributed by atoms with van der Waals surface area (Å²) in [5, 5.41) is 11.3. The lowest BCUT2D eigenvalue weighted by Gasteiger charge is -2.13. The Morgan fingerprint density at radius 3 is 3.05 bits per heavy atom. The van der Waals surface area contributed by atoms with Gasteiger partial charge in [0, 0.05) is 19.6 Å². The Hall–Kier alpha value is -1.75. The van der Waals surface area contributed by atoms with Crippen LogP contribution in [0.3, 0.4) is 0 Å². The van der Waals surface area contributed by atoms with E-state index >= 15 is 0 Å². The summed E-state index contributed by atoms with van der Waals surface area (Å²) in [7, 11) is 1.90. The summed E-state index contributed by atoms with van der Waals surface area (Å²) in [6, 6.07) is 7.48. The summed E-state index contributed by atoms with van der Waals surface area (Å²) < 4.78 is 15.0. The van der Waals surface area contributed by atoms with E-state index in [4.69, 9.17) is 0 Å². The third kappa shape index (κ3) is 2.88. The summed E-state index contributed by atoms with van der Waals surface area (Å²) >= 11 is 0. The fourth-order valence-electron chi connectivity index (χ4n) is 2.95. The van der Waals surface area contributed by atoms with Crippen LogP contribution in [0, 0.1) is 5.82 Å². The minimum Gasteiger partial charge on any atom is -0.308 e. The van der Waals surface area contributed by atoms with Crippen molar-refractivity contribution in [3.8, 4) is 0 Å². The second-order valence-corrected chi connectivity index (χ2v) is 5.49. The van der Waals surface area contributed by atoms with Gasteiger partial charge in [-0.2, -0.15) is 0 Å². The first-order valence-corrected chi connectivity index (χ1v) is 7.05. The van der Waals surface area contributed by atoms with Gasteiger partial charge in [-0.3, -0.25) is 4.68 Å². The van der Waals surface area contributed by atoms with Crippen LogP contribution in [0.15, 0.2) is 30.5 Å². The van der Waals surface area contributed by atoms with Crippen LogP contribution >= 0.6 is 0 Å². The number of hydrogen-bond acceptors (Lipinski definition) is 3. The van der Waals surface area contributed by atoms with Crippen LogP contribution in [0.4, 0.5) is 4.39 Å². The maximum Gasteiger partial charge on any atom is 0.123 e. The molecule has 1 heterocycles. The molecule has 0 bridgehead atoms. The Kier molecular flexibility index (Phi) is 3.78. The molecule has 0 spiro atoms. The molecule has 1 saturated carbocycles. The van der Waals surface area contributed by atoms with Gasteiger partial charge < -0.3 is 5.32 Å². The van der Waals surface area contributed by atoms with Crippen molar-refractivity contribution in [3.63, 3.8) is 0 Å². The predicted octanol–water partition coefficient (Wildman–Crippen LogP) is 2.38. The van der Waals surface area contributed by atoms with Crippen molar-refractivity contribution in [1.29, 1.82) is 0 Å². The molecule has 1 fully saturated rings. The molecule has 1 aromatic heterocycles. The lowest BCUT2D eigenvalue weighted by Crippen LogP contribution is -2.26. The number of benzene rings is 1. The fraction of sp³-hybridized carbons (Fsp3) is 0.467. The van der Waals surface area contributed by atoms with Gasteiger partial charge in [0.15, 0.2) is 0 Å². The van der Waals surface area contributed by atoms with E-state index in [0.717, 1.165) is 37.1 Å². The van der Waals surface area contributed by atoms with Gasteiger partial charge in [-0.25, -0.2) is 4.39 Å². The van der Waals surface area contributed by atoms with E-state index in [2.05, 4.69) is 15.6 Å². The second kappa shape index (κ2) is 5.71. The molecule has 106 valence electrons. The third-order valence-electron chi connectivity index (χ3n) is 4.13. The maximum atomic E-state index is 13.3. The number of nitrogens with zero attached hydrogens (tertiary/aromatic N) is 3. The van der Waals surface area contributed by atoms with Crippen molar-refractivity contribution in [1.82, 2.24) is 20.3 Å². The SMILES string of the molecule is Cn1nncc1CNC1CCC(c2cccc(F)c2)C1. The van der Waals surface area contributed by atoms with Crippen molar-refractivity contribution in [2.45, 2.75) is 37.8 Å². The molecule has 2 atom stereocenters. The minimum atomic E-state index is -0.139. The molecule has 0 saturated heterocycles. The van der Waals surface area contributed by atoms with Crippen LogP contribution in [0.5, 0.6) is 0 Å². The summed E-state index contributed by atoms with van der Waals surface area (Å²) in [4.78, 5) is 0. The fourth-order valence-corrected chi connectivity index (χ4v) is 2.95. The second-order valence-electron chi connectivity index (χ2n) is 5.49. The number of aromatic nitrogens is 3. The molecule has 0 aliphatic heterocycles. The van der Waals surface area contributed by atoms with Gasteiger partial charge in [-0.05, 0) is 42.9 Å². The molecular weight excluding hydrogens is 255 g/mol. The molecular formula is C15H19FN4. The van der Waals surface area contributed by atoms with E-state index < -0.39 is 0 Å². The van der Waals surface area contributed by atoms with E-state index in [-0.39, 0.29) is 5.82 Å². The first kappa shape index (κ1) is 13.2. The van der Waals surface area contributed by atoms with Crippen molar-refractivity contribution in [2.24, 2.45) is 7.05 Å². The molecule has 20 heavy (non-hydrogen) atoms. The Balaban J connectivity index is 1.56. The molecule has 5 heteroatoms. The molecule has 4 nitrogen and oxygen atoms in total. The topological polar surface area (TPSA) is 42.7 Å². The van der Waals surface area contributed by atoms with E-state index in [9.17, 15) is 4.39 Å². The van der Waals surface area contributed by atoms with Gasteiger partial charge in [-0.15, -0.1) is 5.10 Å². The molecule has 1 N–H and O–H groups in total. The average Bonchev–Trinajstić information content (AvgIpc) is 3.05. The molecule has 3 rings (SSSR count). The minimum absolute atomic E-state index is 0.139. The summed E-state index contributed by atoms with van der Waals surface area (Å²) in [6.45, 7) is 0.782. The maximum absolute atomic E-state index is 13.3. The lowest BCUT2D eigenvalue weighted by atomic mass is 9.97. The van der Waals surface area contributed by atoms with E-state index in [1.54, 1.807) is 23.0 Å². The highest BCUT2D eigenvalue weighted by molar-refractivity contribution is 5.22. The zero-order valence-corrected chi connectivity index (χ0v) is 11.6. The largest absolute Gasteiger partial charge is 0.308 e. The van der Waals surface area contributed by atoms with Crippen LogP contribution in [0.1, 0.15) is 36.4 Å². The summed E-state index contributed by atoms with van der Waals surface area (Å²) in [5.74, 6) is 0.327. The van der Waals surface area contributed by atoms with Crippen LogP contribution in [-0.2, 0) is 13.6 Å². The van der Waals surface area contributed by atoms with Gasteiger partial charge in [0.2, 0.25) is 0 Å². The summed E-state index contributed by atoms with van der Waals surface area (Å²) in [5.41, 5.74) is 2.20. The van der Waals surface area contributed by atoms with Crippen molar-refractivity contribution in [3.05, 3.63) is 47.5 Å². The van der Waals surface area contributed by atoms with Gasteiger partial charge in [-0.1, -0.05) is 17.3 Å². The monoisotopic (exact) mass is 274 g/mol.